The summed E-state index contributed by atoms with van der Waals surface area (Å²) in [6, 6.07) is 16.7. The number of nitrogens with zero attached hydrogens (tertiary/aromatic N) is 6. The molecule has 0 aliphatic heterocycles. The van der Waals surface area contributed by atoms with E-state index in [4.69, 9.17) is 23.2 Å². The highest BCUT2D eigenvalue weighted by molar-refractivity contribution is 6.36. The molecule has 2 N–H and O–H groups in total. The van der Waals surface area contributed by atoms with Crippen LogP contribution in [0.4, 0.5) is 17.6 Å². The quantitative estimate of drug-likeness (QED) is 0.309. The molecule has 156 valence electrons. The lowest BCUT2D eigenvalue weighted by Gasteiger charge is -2.09. The van der Waals surface area contributed by atoms with E-state index >= 15 is 0 Å². The Morgan fingerprint density at radius 2 is 1.71 bits per heavy atom. The van der Waals surface area contributed by atoms with Crippen LogP contribution in [-0.2, 0) is 0 Å². The first-order chi connectivity index (χ1) is 15.0. The molecular weight excluding hydrogens is 435 g/mol. The van der Waals surface area contributed by atoms with Gasteiger partial charge >= 0.3 is 0 Å². The van der Waals surface area contributed by atoms with Crippen LogP contribution in [0.15, 0.2) is 59.7 Å². The minimum absolute atomic E-state index is 0.248. The highest BCUT2D eigenvalue weighted by Gasteiger charge is 2.12. The van der Waals surface area contributed by atoms with Crippen molar-refractivity contribution in [3.8, 4) is 5.95 Å². The summed E-state index contributed by atoms with van der Waals surface area (Å²) in [6.45, 7) is 3.84. The molecule has 31 heavy (non-hydrogen) atoms. The lowest BCUT2D eigenvalue weighted by atomic mass is 10.2. The predicted octanol–water partition coefficient (Wildman–Crippen LogP) is 5.17. The summed E-state index contributed by atoms with van der Waals surface area (Å²) >= 11 is 12.1. The van der Waals surface area contributed by atoms with Gasteiger partial charge in [-0.05, 0) is 44.2 Å². The topological polar surface area (TPSA) is 92.9 Å². The van der Waals surface area contributed by atoms with Crippen molar-refractivity contribution in [1.82, 2.24) is 24.7 Å². The minimum Gasteiger partial charge on any atom is -0.324 e. The Balaban J connectivity index is 1.65. The van der Waals surface area contributed by atoms with Crippen LogP contribution in [0.5, 0.6) is 0 Å². The fourth-order valence-corrected chi connectivity index (χ4v) is 3.27. The maximum absolute atomic E-state index is 6.19. The Labute approximate surface area is 189 Å². The van der Waals surface area contributed by atoms with E-state index in [9.17, 15) is 0 Å². The lowest BCUT2D eigenvalue weighted by Crippen LogP contribution is -2.11. The lowest BCUT2D eigenvalue weighted by molar-refractivity contribution is 0.767. The molecule has 2 aromatic carbocycles. The molecule has 4 rings (SSSR count). The molecule has 2 aromatic heterocycles. The molecule has 0 unspecified atom stereocenters. The third kappa shape index (κ3) is 5.17. The van der Waals surface area contributed by atoms with Crippen LogP contribution in [0, 0.1) is 13.8 Å². The minimum atomic E-state index is 0.248. The molecule has 0 fully saturated rings. The van der Waals surface area contributed by atoms with E-state index in [1.165, 1.54) is 0 Å². The largest absolute Gasteiger partial charge is 0.324 e. The SMILES string of the molecule is Cc1cc(C)n(-c2nc(N/N=C/c3ccc(Cl)cc3Cl)nc(Nc3ccccc3)n2)n1. The van der Waals surface area contributed by atoms with Crippen molar-refractivity contribution in [2.24, 2.45) is 5.10 Å². The molecule has 0 saturated heterocycles. The zero-order valence-corrected chi connectivity index (χ0v) is 18.2. The third-order valence-electron chi connectivity index (χ3n) is 4.18. The summed E-state index contributed by atoms with van der Waals surface area (Å²) in [5, 5.41) is 12.9. The molecule has 0 aliphatic rings. The van der Waals surface area contributed by atoms with Gasteiger partial charge in [0.2, 0.25) is 11.9 Å². The van der Waals surface area contributed by atoms with E-state index in [-0.39, 0.29) is 5.95 Å². The van der Waals surface area contributed by atoms with Gasteiger partial charge in [0.15, 0.2) is 0 Å². The normalized spacial score (nSPS) is 11.1. The Hall–Kier alpha value is -3.49. The summed E-state index contributed by atoms with van der Waals surface area (Å²) in [5.41, 5.74) is 6.14. The van der Waals surface area contributed by atoms with Crippen molar-refractivity contribution < 1.29 is 0 Å². The molecule has 0 aliphatic carbocycles. The molecule has 4 aromatic rings. The summed E-state index contributed by atoms with van der Waals surface area (Å²) < 4.78 is 1.65. The van der Waals surface area contributed by atoms with Crippen LogP contribution in [0.25, 0.3) is 5.95 Å². The fraction of sp³-hybridized carbons (Fsp3) is 0.0952. The summed E-state index contributed by atoms with van der Waals surface area (Å²) in [7, 11) is 0. The van der Waals surface area contributed by atoms with E-state index in [1.54, 1.807) is 29.1 Å². The van der Waals surface area contributed by atoms with Gasteiger partial charge in [-0.1, -0.05) is 47.5 Å². The van der Waals surface area contributed by atoms with E-state index in [0.29, 0.717) is 27.5 Å². The zero-order valence-electron chi connectivity index (χ0n) is 16.7. The standard InChI is InChI=1S/C21H18Cl2N8/c1-13-10-14(2)31(30-13)21-27-19(25-17-6-4-3-5-7-17)26-20(28-21)29-24-12-15-8-9-16(22)11-18(15)23/h3-12H,1-2H3,(H2,25,26,27,28,29)/b24-12+. The highest BCUT2D eigenvalue weighted by atomic mass is 35.5. The van der Waals surface area contributed by atoms with Crippen LogP contribution in [0.2, 0.25) is 10.0 Å². The molecule has 0 spiro atoms. The van der Waals surface area contributed by atoms with Crippen molar-refractivity contribution in [2.75, 3.05) is 10.7 Å². The van der Waals surface area contributed by atoms with Crippen molar-refractivity contribution in [3.63, 3.8) is 0 Å². The van der Waals surface area contributed by atoms with Gasteiger partial charge in [0.25, 0.3) is 5.95 Å². The van der Waals surface area contributed by atoms with Crippen LogP contribution >= 0.6 is 23.2 Å². The molecule has 0 bridgehead atoms. The van der Waals surface area contributed by atoms with E-state index < -0.39 is 0 Å². The predicted molar refractivity (Wildman–Crippen MR) is 124 cm³/mol. The number of halogens is 2. The maximum atomic E-state index is 6.19. The van der Waals surface area contributed by atoms with Gasteiger partial charge in [-0.2, -0.15) is 25.2 Å². The number of para-hydroxylation sites is 1. The molecule has 10 heteroatoms. The maximum Gasteiger partial charge on any atom is 0.257 e. The summed E-state index contributed by atoms with van der Waals surface area (Å²) in [4.78, 5) is 13.4. The van der Waals surface area contributed by atoms with Gasteiger partial charge < -0.3 is 5.32 Å². The monoisotopic (exact) mass is 452 g/mol. The second-order valence-corrected chi connectivity index (χ2v) is 7.49. The molecule has 0 atom stereocenters. The van der Waals surface area contributed by atoms with Gasteiger partial charge in [0, 0.05) is 22.0 Å². The van der Waals surface area contributed by atoms with Crippen LogP contribution in [-0.4, -0.2) is 30.9 Å². The number of anilines is 3. The van der Waals surface area contributed by atoms with Gasteiger partial charge in [-0.3, -0.25) is 0 Å². The third-order valence-corrected chi connectivity index (χ3v) is 4.75. The Morgan fingerprint density at radius 1 is 0.935 bits per heavy atom. The Morgan fingerprint density at radius 3 is 2.42 bits per heavy atom. The second-order valence-electron chi connectivity index (χ2n) is 6.65. The molecule has 0 amide bonds. The Bertz CT molecular complexity index is 1240. The molecular formula is C21H18Cl2N8. The smallest absolute Gasteiger partial charge is 0.257 e. The molecule has 0 radical (unpaired) electrons. The van der Waals surface area contributed by atoms with Crippen LogP contribution in [0.1, 0.15) is 17.0 Å². The number of benzene rings is 2. The summed E-state index contributed by atoms with van der Waals surface area (Å²) in [5.74, 6) is 0.963. The highest BCUT2D eigenvalue weighted by Crippen LogP contribution is 2.20. The number of hydrazone groups is 1. The number of rotatable bonds is 6. The Kier molecular flexibility index (Phi) is 6.11. The zero-order chi connectivity index (χ0) is 21.8. The van der Waals surface area contributed by atoms with Gasteiger partial charge in [0.05, 0.1) is 16.9 Å². The number of hydrogen-bond donors (Lipinski definition) is 2. The van der Waals surface area contributed by atoms with Crippen molar-refractivity contribution in [3.05, 3.63) is 81.6 Å². The first-order valence-corrected chi connectivity index (χ1v) is 10.1. The number of aromatic nitrogens is 5. The first-order valence-electron chi connectivity index (χ1n) is 9.34. The average Bonchev–Trinajstić information content (AvgIpc) is 3.08. The van der Waals surface area contributed by atoms with E-state index in [1.807, 2.05) is 50.2 Å². The molecule has 0 saturated carbocycles. The van der Waals surface area contributed by atoms with Crippen LogP contribution in [0.3, 0.4) is 0 Å². The second kappa shape index (κ2) is 9.11. The van der Waals surface area contributed by atoms with Crippen LogP contribution < -0.4 is 10.7 Å². The van der Waals surface area contributed by atoms with Crippen molar-refractivity contribution >= 4 is 47.0 Å². The number of nitrogens with one attached hydrogen (secondary N) is 2. The number of aryl methyl sites for hydroxylation is 2. The first kappa shape index (κ1) is 20.8. The van der Waals surface area contributed by atoms with Crippen molar-refractivity contribution in [1.29, 1.82) is 0 Å². The fourth-order valence-electron chi connectivity index (χ4n) is 2.81. The van der Waals surface area contributed by atoms with Gasteiger partial charge in [0.1, 0.15) is 0 Å². The summed E-state index contributed by atoms with van der Waals surface area (Å²) in [6.07, 6.45) is 1.57. The van der Waals surface area contributed by atoms with E-state index in [0.717, 1.165) is 17.1 Å². The average molecular weight is 453 g/mol. The van der Waals surface area contributed by atoms with Gasteiger partial charge in [-0.25, -0.2) is 10.1 Å². The van der Waals surface area contributed by atoms with Crippen molar-refractivity contribution in [2.45, 2.75) is 13.8 Å². The van der Waals surface area contributed by atoms with E-state index in [2.05, 4.69) is 35.9 Å². The molecule has 8 nitrogen and oxygen atoms in total. The molecule has 2 heterocycles. The number of hydrogen-bond acceptors (Lipinski definition) is 7. The van der Waals surface area contributed by atoms with Gasteiger partial charge in [-0.15, -0.1) is 0 Å².